The third kappa shape index (κ3) is 1.32. The molecule has 0 spiro atoms. The predicted octanol–water partition coefficient (Wildman–Crippen LogP) is 2.51. The average Bonchev–Trinajstić information content (AvgIpc) is 1.89. The maximum Gasteiger partial charge on any atom is 0.00509 e. The van der Waals surface area contributed by atoms with Crippen molar-refractivity contribution >= 4 is 0 Å². The SMILES string of the molecule is C=CC1C=CC=C[C]1C. The summed E-state index contributed by atoms with van der Waals surface area (Å²) in [4.78, 5) is 0. The lowest BCUT2D eigenvalue weighted by Crippen LogP contribution is -2.02. The second-order valence-electron chi connectivity index (χ2n) is 2.25. The molecule has 1 unspecified atom stereocenters. The van der Waals surface area contributed by atoms with Gasteiger partial charge in [0.15, 0.2) is 0 Å². The molecule has 0 aromatic rings. The summed E-state index contributed by atoms with van der Waals surface area (Å²) in [6.45, 7) is 5.85. The number of hydrogen-bond donors (Lipinski definition) is 0. The number of hydrogen-bond acceptors (Lipinski definition) is 0. The largest absolute Gasteiger partial charge is 0.102 e. The first-order chi connectivity index (χ1) is 4.34. The van der Waals surface area contributed by atoms with E-state index in [4.69, 9.17) is 0 Å². The Morgan fingerprint density at radius 3 is 2.78 bits per heavy atom. The summed E-state index contributed by atoms with van der Waals surface area (Å²) >= 11 is 0. The van der Waals surface area contributed by atoms with Crippen molar-refractivity contribution in [1.82, 2.24) is 0 Å². The quantitative estimate of drug-likeness (QED) is 0.465. The summed E-state index contributed by atoms with van der Waals surface area (Å²) in [5.74, 6) is 1.84. The van der Waals surface area contributed by atoms with Crippen LogP contribution < -0.4 is 0 Å². The highest BCUT2D eigenvalue weighted by Gasteiger charge is 2.08. The minimum atomic E-state index is 0.468. The predicted molar refractivity (Wildman–Crippen MR) is 40.9 cm³/mol. The van der Waals surface area contributed by atoms with E-state index in [0.29, 0.717) is 5.92 Å². The van der Waals surface area contributed by atoms with Crippen LogP contribution in [-0.2, 0) is 0 Å². The van der Waals surface area contributed by atoms with E-state index in [1.165, 1.54) is 5.92 Å². The first-order valence-corrected chi connectivity index (χ1v) is 3.15. The van der Waals surface area contributed by atoms with Gasteiger partial charge in [-0.2, -0.15) is 0 Å². The van der Waals surface area contributed by atoms with Crippen LogP contribution >= 0.6 is 0 Å². The molecule has 0 N–H and O–H groups in total. The molecule has 1 aliphatic rings. The van der Waals surface area contributed by atoms with Gasteiger partial charge in [0.05, 0.1) is 0 Å². The fourth-order valence-electron chi connectivity index (χ4n) is 0.919. The molecule has 0 saturated carbocycles. The Kier molecular flexibility index (Phi) is 1.88. The zero-order valence-corrected chi connectivity index (χ0v) is 5.67. The molecule has 1 aliphatic carbocycles. The third-order valence-corrected chi connectivity index (χ3v) is 1.57. The van der Waals surface area contributed by atoms with Crippen LogP contribution in [0.5, 0.6) is 0 Å². The molecule has 1 rings (SSSR count). The molecule has 0 amide bonds. The summed E-state index contributed by atoms with van der Waals surface area (Å²) in [6.07, 6.45) is 10.3. The molecular weight excluding hydrogens is 108 g/mol. The lowest BCUT2D eigenvalue weighted by molar-refractivity contribution is 0.862. The molecule has 47 valence electrons. The maximum atomic E-state index is 3.73. The normalized spacial score (nSPS) is 26.6. The molecule has 9 heavy (non-hydrogen) atoms. The van der Waals surface area contributed by atoms with Crippen molar-refractivity contribution in [3.63, 3.8) is 0 Å². The van der Waals surface area contributed by atoms with E-state index in [1.54, 1.807) is 0 Å². The zero-order valence-electron chi connectivity index (χ0n) is 5.67. The molecular formula is C9H11. The van der Waals surface area contributed by atoms with Crippen LogP contribution in [0.15, 0.2) is 37.0 Å². The molecule has 0 aromatic carbocycles. The van der Waals surface area contributed by atoms with E-state index in [2.05, 4.69) is 37.8 Å². The molecule has 0 heterocycles. The van der Waals surface area contributed by atoms with E-state index >= 15 is 0 Å². The molecule has 1 atom stereocenters. The second-order valence-corrected chi connectivity index (χ2v) is 2.25. The minimum absolute atomic E-state index is 0.468. The summed E-state index contributed by atoms with van der Waals surface area (Å²) in [6, 6.07) is 0. The van der Waals surface area contributed by atoms with Gasteiger partial charge in [-0.25, -0.2) is 0 Å². The van der Waals surface area contributed by atoms with E-state index in [1.807, 2.05) is 6.08 Å². The van der Waals surface area contributed by atoms with Gasteiger partial charge >= 0.3 is 0 Å². The zero-order chi connectivity index (χ0) is 6.69. The van der Waals surface area contributed by atoms with Crippen molar-refractivity contribution in [3.8, 4) is 0 Å². The topological polar surface area (TPSA) is 0 Å². The number of allylic oxidation sites excluding steroid dienone is 5. The van der Waals surface area contributed by atoms with Crippen molar-refractivity contribution in [2.45, 2.75) is 6.92 Å². The van der Waals surface area contributed by atoms with Crippen molar-refractivity contribution in [3.05, 3.63) is 42.9 Å². The molecule has 1 radical (unpaired) electrons. The van der Waals surface area contributed by atoms with Crippen LogP contribution in [0, 0.1) is 11.8 Å². The Bertz CT molecular complexity index is 151. The summed E-state index contributed by atoms with van der Waals surface area (Å²) in [5, 5.41) is 0. The Balaban J connectivity index is 2.65. The molecule has 0 aliphatic heterocycles. The van der Waals surface area contributed by atoms with Crippen LogP contribution in [0.4, 0.5) is 0 Å². The second kappa shape index (κ2) is 2.67. The maximum absolute atomic E-state index is 3.73. The molecule has 0 bridgehead atoms. The Labute approximate surface area is 56.6 Å². The van der Waals surface area contributed by atoms with Gasteiger partial charge in [0.2, 0.25) is 0 Å². The van der Waals surface area contributed by atoms with Crippen molar-refractivity contribution in [2.24, 2.45) is 5.92 Å². The lowest BCUT2D eigenvalue weighted by Gasteiger charge is -2.14. The first-order valence-electron chi connectivity index (χ1n) is 3.15. The Morgan fingerprint density at radius 2 is 2.33 bits per heavy atom. The third-order valence-electron chi connectivity index (χ3n) is 1.57. The minimum Gasteiger partial charge on any atom is -0.102 e. The van der Waals surface area contributed by atoms with Gasteiger partial charge in [-0.05, 0) is 0 Å². The standard InChI is InChI=1S/C9H11/c1-3-9-7-5-4-6-8(9)2/h3-7,9H,1H2,2H3. The van der Waals surface area contributed by atoms with Crippen LogP contribution in [0.1, 0.15) is 6.92 Å². The van der Waals surface area contributed by atoms with Gasteiger partial charge in [0.1, 0.15) is 0 Å². The van der Waals surface area contributed by atoms with Gasteiger partial charge < -0.3 is 0 Å². The summed E-state index contributed by atoms with van der Waals surface area (Å²) in [7, 11) is 0. The lowest BCUT2D eigenvalue weighted by atomic mass is 9.90. The fourth-order valence-corrected chi connectivity index (χ4v) is 0.919. The van der Waals surface area contributed by atoms with Crippen LogP contribution in [0.25, 0.3) is 0 Å². The van der Waals surface area contributed by atoms with E-state index in [-0.39, 0.29) is 0 Å². The summed E-state index contributed by atoms with van der Waals surface area (Å²) < 4.78 is 0. The van der Waals surface area contributed by atoms with Gasteiger partial charge in [-0.3, -0.25) is 0 Å². The van der Waals surface area contributed by atoms with Crippen molar-refractivity contribution in [2.75, 3.05) is 0 Å². The smallest absolute Gasteiger partial charge is 0.00509 e. The van der Waals surface area contributed by atoms with E-state index < -0.39 is 0 Å². The van der Waals surface area contributed by atoms with Gasteiger partial charge in [-0.15, -0.1) is 6.58 Å². The average molecular weight is 119 g/mol. The number of rotatable bonds is 1. The first kappa shape index (κ1) is 6.34. The molecule has 0 heteroatoms. The van der Waals surface area contributed by atoms with Gasteiger partial charge in [0.25, 0.3) is 0 Å². The molecule has 0 nitrogen and oxygen atoms in total. The van der Waals surface area contributed by atoms with Gasteiger partial charge in [0, 0.05) is 11.8 Å². The molecule has 0 fully saturated rings. The Hall–Kier alpha value is -0.780. The Morgan fingerprint density at radius 1 is 1.56 bits per heavy atom. The highest BCUT2D eigenvalue weighted by atomic mass is 14.1. The van der Waals surface area contributed by atoms with Crippen LogP contribution in [-0.4, -0.2) is 0 Å². The highest BCUT2D eigenvalue weighted by molar-refractivity contribution is 5.28. The summed E-state index contributed by atoms with van der Waals surface area (Å²) in [5.41, 5.74) is 0. The van der Waals surface area contributed by atoms with E-state index in [0.717, 1.165) is 0 Å². The van der Waals surface area contributed by atoms with E-state index in [9.17, 15) is 0 Å². The molecule has 0 saturated heterocycles. The monoisotopic (exact) mass is 119 g/mol. The van der Waals surface area contributed by atoms with Gasteiger partial charge in [-0.1, -0.05) is 37.3 Å². The van der Waals surface area contributed by atoms with Crippen LogP contribution in [0.2, 0.25) is 0 Å². The van der Waals surface area contributed by atoms with Crippen molar-refractivity contribution < 1.29 is 0 Å². The van der Waals surface area contributed by atoms with Crippen LogP contribution in [0.3, 0.4) is 0 Å². The molecule has 0 aromatic heterocycles. The van der Waals surface area contributed by atoms with Crippen molar-refractivity contribution in [1.29, 1.82) is 0 Å². The highest BCUT2D eigenvalue weighted by Crippen LogP contribution is 2.20. The fraction of sp³-hybridized carbons (Fsp3) is 0.222.